The van der Waals surface area contributed by atoms with Crippen molar-refractivity contribution in [3.63, 3.8) is 0 Å². The van der Waals surface area contributed by atoms with E-state index < -0.39 is 0 Å². The molecular weight excluding hydrogens is 373 g/mol. The molecular formula is C20H21Cl2NO3. The molecule has 0 atom stereocenters. The summed E-state index contributed by atoms with van der Waals surface area (Å²) in [5.41, 5.74) is 1.33. The molecule has 0 fully saturated rings. The molecule has 6 heteroatoms. The molecule has 138 valence electrons. The normalized spacial score (nSPS) is 10.8. The van der Waals surface area contributed by atoms with E-state index in [9.17, 15) is 4.79 Å². The van der Waals surface area contributed by atoms with Gasteiger partial charge in [0.25, 0.3) is 0 Å². The van der Waals surface area contributed by atoms with Crippen LogP contribution in [0.1, 0.15) is 25.8 Å². The predicted molar refractivity (Wildman–Crippen MR) is 108 cm³/mol. The fourth-order valence-corrected chi connectivity index (χ4v) is 2.62. The number of hydrogen-bond donors (Lipinski definition) is 1. The van der Waals surface area contributed by atoms with Gasteiger partial charge in [-0.15, -0.1) is 0 Å². The van der Waals surface area contributed by atoms with Gasteiger partial charge in [0, 0.05) is 11.1 Å². The number of benzene rings is 2. The molecule has 0 aliphatic rings. The van der Waals surface area contributed by atoms with Crippen LogP contribution >= 0.6 is 23.2 Å². The van der Waals surface area contributed by atoms with E-state index in [1.165, 1.54) is 6.08 Å². The van der Waals surface area contributed by atoms with Gasteiger partial charge in [-0.25, -0.2) is 0 Å². The lowest BCUT2D eigenvalue weighted by Gasteiger charge is -2.12. The third-order valence-electron chi connectivity index (χ3n) is 3.35. The Bertz CT molecular complexity index is 791. The number of rotatable bonds is 8. The number of amides is 1. The van der Waals surface area contributed by atoms with Crippen LogP contribution in [-0.4, -0.2) is 19.1 Å². The third-order valence-corrected chi connectivity index (χ3v) is 3.89. The van der Waals surface area contributed by atoms with Gasteiger partial charge in [-0.2, -0.15) is 0 Å². The summed E-state index contributed by atoms with van der Waals surface area (Å²) < 4.78 is 11.3. The van der Waals surface area contributed by atoms with Crippen LogP contribution in [0.5, 0.6) is 11.5 Å². The molecule has 0 aromatic heterocycles. The van der Waals surface area contributed by atoms with Gasteiger partial charge in [-0.1, -0.05) is 36.2 Å². The molecule has 0 saturated carbocycles. The minimum absolute atomic E-state index is 0.293. The highest BCUT2D eigenvalue weighted by atomic mass is 35.5. The molecule has 1 amide bonds. The Kier molecular flexibility index (Phi) is 7.82. The van der Waals surface area contributed by atoms with E-state index in [2.05, 4.69) is 5.32 Å². The van der Waals surface area contributed by atoms with Gasteiger partial charge < -0.3 is 14.8 Å². The number of hydrogen-bond acceptors (Lipinski definition) is 3. The zero-order valence-electron chi connectivity index (χ0n) is 14.7. The molecule has 0 unspecified atom stereocenters. The van der Waals surface area contributed by atoms with Crippen molar-refractivity contribution >= 4 is 40.9 Å². The van der Waals surface area contributed by atoms with Crippen LogP contribution in [0.2, 0.25) is 10.0 Å². The first kappa shape index (κ1) is 20.1. The lowest BCUT2D eigenvalue weighted by atomic mass is 10.2. The number of ether oxygens (including phenoxy) is 2. The molecule has 26 heavy (non-hydrogen) atoms. The molecule has 2 aromatic rings. The van der Waals surface area contributed by atoms with Crippen molar-refractivity contribution < 1.29 is 14.3 Å². The predicted octanol–water partition coefficient (Wildman–Crippen LogP) is 5.83. The molecule has 0 bridgehead atoms. The van der Waals surface area contributed by atoms with Crippen molar-refractivity contribution in [2.75, 3.05) is 18.5 Å². The maximum Gasteiger partial charge on any atom is 0.248 e. The van der Waals surface area contributed by atoms with Gasteiger partial charge in [0.2, 0.25) is 5.91 Å². The van der Waals surface area contributed by atoms with Gasteiger partial charge in [0.15, 0.2) is 11.5 Å². The largest absolute Gasteiger partial charge is 0.490 e. The van der Waals surface area contributed by atoms with Crippen LogP contribution in [0.25, 0.3) is 6.08 Å². The molecule has 0 heterocycles. The van der Waals surface area contributed by atoms with E-state index in [1.807, 2.05) is 32.0 Å². The van der Waals surface area contributed by atoms with Crippen molar-refractivity contribution in [1.29, 1.82) is 0 Å². The topological polar surface area (TPSA) is 47.6 Å². The van der Waals surface area contributed by atoms with Crippen LogP contribution in [0.15, 0.2) is 42.5 Å². The molecule has 0 saturated heterocycles. The van der Waals surface area contributed by atoms with Crippen molar-refractivity contribution in [2.24, 2.45) is 0 Å². The number of carbonyl (C=O) groups is 1. The maximum absolute atomic E-state index is 12.1. The number of halogens is 2. The van der Waals surface area contributed by atoms with Crippen LogP contribution in [0.3, 0.4) is 0 Å². The second-order valence-electron chi connectivity index (χ2n) is 5.43. The van der Waals surface area contributed by atoms with E-state index in [1.54, 1.807) is 24.3 Å². The lowest BCUT2D eigenvalue weighted by molar-refractivity contribution is -0.111. The number of anilines is 1. The van der Waals surface area contributed by atoms with Crippen molar-refractivity contribution in [2.45, 2.75) is 20.3 Å². The highest BCUT2D eigenvalue weighted by Gasteiger charge is 2.07. The molecule has 0 aliphatic heterocycles. The second kappa shape index (κ2) is 10.1. The molecule has 2 rings (SSSR count). The first-order valence-corrected chi connectivity index (χ1v) is 9.12. The van der Waals surface area contributed by atoms with Gasteiger partial charge in [-0.3, -0.25) is 4.79 Å². The summed E-state index contributed by atoms with van der Waals surface area (Å²) in [5.74, 6) is 1.06. The van der Waals surface area contributed by atoms with E-state index in [-0.39, 0.29) is 5.91 Å². The molecule has 1 N–H and O–H groups in total. The van der Waals surface area contributed by atoms with Gasteiger partial charge >= 0.3 is 0 Å². The summed E-state index contributed by atoms with van der Waals surface area (Å²) in [5, 5.41) is 3.61. The maximum atomic E-state index is 12.1. The minimum Gasteiger partial charge on any atom is -0.490 e. The number of carbonyl (C=O) groups excluding carboxylic acids is 1. The second-order valence-corrected chi connectivity index (χ2v) is 6.28. The summed E-state index contributed by atoms with van der Waals surface area (Å²) in [6.45, 7) is 5.11. The SMILES string of the molecule is CCCOc1ccc(/C=C/C(=O)Nc2ccc(Cl)cc2Cl)cc1OCC. The summed E-state index contributed by atoms with van der Waals surface area (Å²) >= 11 is 11.9. The minimum atomic E-state index is -0.293. The molecule has 4 nitrogen and oxygen atoms in total. The van der Waals surface area contributed by atoms with Crippen LogP contribution in [0.4, 0.5) is 5.69 Å². The van der Waals surface area contributed by atoms with Gasteiger partial charge in [0.05, 0.1) is 23.9 Å². The zero-order valence-corrected chi connectivity index (χ0v) is 16.2. The monoisotopic (exact) mass is 393 g/mol. The highest BCUT2D eigenvalue weighted by molar-refractivity contribution is 6.36. The summed E-state index contributed by atoms with van der Waals surface area (Å²) in [6, 6.07) is 10.4. The van der Waals surface area contributed by atoms with Crippen LogP contribution in [0, 0.1) is 0 Å². The van der Waals surface area contributed by atoms with Crippen LogP contribution < -0.4 is 14.8 Å². The van der Waals surface area contributed by atoms with Gasteiger partial charge in [0.1, 0.15) is 0 Å². The van der Waals surface area contributed by atoms with E-state index in [4.69, 9.17) is 32.7 Å². The summed E-state index contributed by atoms with van der Waals surface area (Å²) in [4.78, 5) is 12.1. The molecule has 0 aliphatic carbocycles. The Hall–Kier alpha value is -2.17. The Morgan fingerprint density at radius 3 is 2.58 bits per heavy atom. The Labute approximate surface area is 163 Å². The standard InChI is InChI=1S/C20H21Cl2NO3/c1-3-11-26-18-9-5-14(12-19(18)25-4-2)6-10-20(24)23-17-8-7-15(21)13-16(17)22/h5-10,12-13H,3-4,11H2,1-2H3,(H,23,24)/b10-6+. The Balaban J connectivity index is 2.08. The smallest absolute Gasteiger partial charge is 0.248 e. The Morgan fingerprint density at radius 1 is 1.08 bits per heavy atom. The lowest BCUT2D eigenvalue weighted by Crippen LogP contribution is -2.08. The van der Waals surface area contributed by atoms with Gasteiger partial charge in [-0.05, 0) is 55.3 Å². The Morgan fingerprint density at radius 2 is 1.88 bits per heavy atom. The van der Waals surface area contributed by atoms with E-state index in [0.29, 0.717) is 40.4 Å². The average Bonchev–Trinajstić information content (AvgIpc) is 2.62. The number of nitrogens with one attached hydrogen (secondary N) is 1. The first-order valence-electron chi connectivity index (χ1n) is 8.37. The van der Waals surface area contributed by atoms with E-state index >= 15 is 0 Å². The molecule has 2 aromatic carbocycles. The fourth-order valence-electron chi connectivity index (χ4n) is 2.17. The molecule has 0 radical (unpaired) electrons. The van der Waals surface area contributed by atoms with Crippen molar-refractivity contribution in [3.8, 4) is 11.5 Å². The highest BCUT2D eigenvalue weighted by Crippen LogP contribution is 2.29. The molecule has 0 spiro atoms. The summed E-state index contributed by atoms with van der Waals surface area (Å²) in [6.07, 6.45) is 4.05. The zero-order chi connectivity index (χ0) is 18.9. The fraction of sp³-hybridized carbons (Fsp3) is 0.250. The quantitative estimate of drug-likeness (QED) is 0.573. The average molecular weight is 394 g/mol. The van der Waals surface area contributed by atoms with Crippen LogP contribution in [-0.2, 0) is 4.79 Å². The third kappa shape index (κ3) is 5.97. The first-order chi connectivity index (χ1) is 12.5. The summed E-state index contributed by atoms with van der Waals surface area (Å²) in [7, 11) is 0. The van der Waals surface area contributed by atoms with Crippen molar-refractivity contribution in [1.82, 2.24) is 0 Å². The van der Waals surface area contributed by atoms with Crippen molar-refractivity contribution in [3.05, 3.63) is 58.1 Å². The van der Waals surface area contributed by atoms with E-state index in [0.717, 1.165) is 12.0 Å².